The van der Waals surface area contributed by atoms with Crippen molar-refractivity contribution in [2.45, 2.75) is 38.0 Å². The summed E-state index contributed by atoms with van der Waals surface area (Å²) in [6.07, 6.45) is 4.39. The number of hydrogen-bond donors (Lipinski definition) is 0. The maximum atomic E-state index is 6.08. The number of nitrogens with zero attached hydrogens (tertiary/aromatic N) is 2. The second-order valence-corrected chi connectivity index (χ2v) is 4.63. The van der Waals surface area contributed by atoms with Gasteiger partial charge < -0.3 is 0 Å². The number of fused-ring (bicyclic) bond motifs is 1. The fourth-order valence-corrected chi connectivity index (χ4v) is 2.13. The Bertz CT molecular complexity index is 350. The fraction of sp³-hybridized carbons (Fsp3) is 0.600. The van der Waals surface area contributed by atoms with Crippen LogP contribution < -0.4 is 0 Å². The van der Waals surface area contributed by atoms with Gasteiger partial charge in [-0.05, 0) is 32.6 Å². The highest BCUT2D eigenvalue weighted by Crippen LogP contribution is 2.27. The molecule has 1 unspecified atom stereocenters. The summed E-state index contributed by atoms with van der Waals surface area (Å²) in [5.41, 5.74) is 2.22. The Kier molecular flexibility index (Phi) is 2.93. The standard InChI is InChI=1S/C10H12Cl2N2/c1-6(11)10-13-8-5-3-2-4-7(8)9(12)14-10/h6H,2-5H2,1H3. The Hall–Kier alpha value is -0.340. The van der Waals surface area contributed by atoms with E-state index in [1.165, 1.54) is 12.8 Å². The molecule has 0 saturated carbocycles. The molecule has 0 radical (unpaired) electrons. The van der Waals surface area contributed by atoms with E-state index in [-0.39, 0.29) is 5.38 Å². The molecule has 76 valence electrons. The van der Waals surface area contributed by atoms with E-state index < -0.39 is 0 Å². The summed E-state index contributed by atoms with van der Waals surface area (Å²) in [7, 11) is 0. The van der Waals surface area contributed by atoms with Crippen LogP contribution in [-0.4, -0.2) is 9.97 Å². The van der Waals surface area contributed by atoms with Crippen molar-refractivity contribution in [1.82, 2.24) is 9.97 Å². The molecule has 0 N–H and O–H groups in total. The average molecular weight is 231 g/mol. The minimum atomic E-state index is -0.167. The molecule has 14 heavy (non-hydrogen) atoms. The predicted octanol–water partition coefficient (Wildman–Crippen LogP) is 3.31. The first-order chi connectivity index (χ1) is 6.68. The zero-order chi connectivity index (χ0) is 10.1. The Labute approximate surface area is 93.7 Å². The molecule has 1 aromatic heterocycles. The summed E-state index contributed by atoms with van der Waals surface area (Å²) in [6, 6.07) is 0. The van der Waals surface area contributed by atoms with Crippen LogP contribution in [0.15, 0.2) is 0 Å². The molecular formula is C10H12Cl2N2. The Balaban J connectivity index is 2.46. The lowest BCUT2D eigenvalue weighted by Gasteiger charge is -2.16. The molecule has 2 nitrogen and oxygen atoms in total. The van der Waals surface area contributed by atoms with Crippen LogP contribution in [0, 0.1) is 0 Å². The highest BCUT2D eigenvalue weighted by Gasteiger charge is 2.17. The van der Waals surface area contributed by atoms with Crippen molar-refractivity contribution in [3.05, 3.63) is 22.2 Å². The summed E-state index contributed by atoms with van der Waals surface area (Å²) < 4.78 is 0. The second-order valence-electron chi connectivity index (χ2n) is 3.62. The van der Waals surface area contributed by atoms with Gasteiger partial charge in [-0.3, -0.25) is 0 Å². The zero-order valence-corrected chi connectivity index (χ0v) is 9.57. The number of rotatable bonds is 1. The van der Waals surface area contributed by atoms with Crippen LogP contribution in [-0.2, 0) is 12.8 Å². The van der Waals surface area contributed by atoms with E-state index in [1.54, 1.807) is 0 Å². The van der Waals surface area contributed by atoms with Crippen LogP contribution in [0.5, 0.6) is 0 Å². The van der Waals surface area contributed by atoms with Crippen molar-refractivity contribution in [3.8, 4) is 0 Å². The number of aromatic nitrogens is 2. The summed E-state index contributed by atoms with van der Waals surface area (Å²) in [5.74, 6) is 0.650. The van der Waals surface area contributed by atoms with Crippen molar-refractivity contribution in [1.29, 1.82) is 0 Å². The van der Waals surface area contributed by atoms with Crippen LogP contribution in [0.4, 0.5) is 0 Å². The van der Waals surface area contributed by atoms with Crippen LogP contribution in [0.3, 0.4) is 0 Å². The summed E-state index contributed by atoms with van der Waals surface area (Å²) in [6.45, 7) is 1.86. The Morgan fingerprint density at radius 2 is 1.93 bits per heavy atom. The van der Waals surface area contributed by atoms with Crippen molar-refractivity contribution in [2.24, 2.45) is 0 Å². The number of aryl methyl sites for hydroxylation is 1. The molecule has 0 aliphatic heterocycles. The fourth-order valence-electron chi connectivity index (χ4n) is 1.74. The van der Waals surface area contributed by atoms with Gasteiger partial charge in [-0.1, -0.05) is 11.6 Å². The van der Waals surface area contributed by atoms with Crippen molar-refractivity contribution < 1.29 is 0 Å². The maximum Gasteiger partial charge on any atom is 0.147 e. The molecule has 0 spiro atoms. The molecule has 0 amide bonds. The van der Waals surface area contributed by atoms with Crippen molar-refractivity contribution >= 4 is 23.2 Å². The van der Waals surface area contributed by atoms with Gasteiger partial charge in [0, 0.05) is 11.3 Å². The molecular weight excluding hydrogens is 219 g/mol. The largest absolute Gasteiger partial charge is 0.236 e. The number of alkyl halides is 1. The quantitative estimate of drug-likeness (QED) is 0.547. The molecule has 0 aromatic carbocycles. The molecule has 4 heteroatoms. The van der Waals surface area contributed by atoms with E-state index in [0.29, 0.717) is 11.0 Å². The van der Waals surface area contributed by atoms with Gasteiger partial charge in [0.25, 0.3) is 0 Å². The van der Waals surface area contributed by atoms with E-state index in [9.17, 15) is 0 Å². The van der Waals surface area contributed by atoms with Crippen molar-refractivity contribution in [3.63, 3.8) is 0 Å². The lowest BCUT2D eigenvalue weighted by Crippen LogP contribution is -2.10. The van der Waals surface area contributed by atoms with Gasteiger partial charge in [0.15, 0.2) is 0 Å². The van der Waals surface area contributed by atoms with Gasteiger partial charge in [0.1, 0.15) is 11.0 Å². The van der Waals surface area contributed by atoms with Gasteiger partial charge >= 0.3 is 0 Å². The van der Waals surface area contributed by atoms with Crippen LogP contribution >= 0.6 is 23.2 Å². The topological polar surface area (TPSA) is 25.8 Å². The van der Waals surface area contributed by atoms with E-state index in [0.717, 1.165) is 24.1 Å². The van der Waals surface area contributed by atoms with Gasteiger partial charge in [-0.15, -0.1) is 11.6 Å². The zero-order valence-electron chi connectivity index (χ0n) is 8.06. The van der Waals surface area contributed by atoms with Gasteiger partial charge in [0.05, 0.1) is 5.38 Å². The molecule has 1 aliphatic rings. The lowest BCUT2D eigenvalue weighted by molar-refractivity contribution is 0.653. The number of halogens is 2. The first kappa shape index (κ1) is 10.2. The van der Waals surface area contributed by atoms with E-state index in [1.807, 2.05) is 6.92 Å². The number of hydrogen-bond acceptors (Lipinski definition) is 2. The van der Waals surface area contributed by atoms with Crippen LogP contribution in [0.2, 0.25) is 5.15 Å². The van der Waals surface area contributed by atoms with Gasteiger partial charge in [-0.25, -0.2) is 9.97 Å². The smallest absolute Gasteiger partial charge is 0.147 e. The summed E-state index contributed by atoms with van der Waals surface area (Å²) in [5, 5.41) is 0.428. The first-order valence-corrected chi connectivity index (χ1v) is 5.69. The minimum Gasteiger partial charge on any atom is -0.236 e. The Morgan fingerprint density at radius 3 is 2.64 bits per heavy atom. The third kappa shape index (κ3) is 1.86. The molecule has 0 fully saturated rings. The summed E-state index contributed by atoms with van der Waals surface area (Å²) in [4.78, 5) is 8.65. The third-order valence-electron chi connectivity index (χ3n) is 2.51. The molecule has 1 atom stereocenters. The van der Waals surface area contributed by atoms with E-state index in [4.69, 9.17) is 23.2 Å². The minimum absolute atomic E-state index is 0.167. The van der Waals surface area contributed by atoms with E-state index >= 15 is 0 Å². The molecule has 1 heterocycles. The highest BCUT2D eigenvalue weighted by molar-refractivity contribution is 6.30. The lowest BCUT2D eigenvalue weighted by atomic mass is 9.97. The third-order valence-corrected chi connectivity index (χ3v) is 3.01. The van der Waals surface area contributed by atoms with Crippen LogP contribution in [0.25, 0.3) is 0 Å². The first-order valence-electron chi connectivity index (χ1n) is 4.87. The second kappa shape index (κ2) is 4.03. The maximum absolute atomic E-state index is 6.08. The van der Waals surface area contributed by atoms with E-state index in [2.05, 4.69) is 9.97 Å². The predicted molar refractivity (Wildman–Crippen MR) is 58.0 cm³/mol. The SMILES string of the molecule is CC(Cl)c1nc(Cl)c2c(n1)CCCC2. The molecule has 1 aromatic rings. The van der Waals surface area contributed by atoms with Gasteiger partial charge in [0.2, 0.25) is 0 Å². The molecule has 1 aliphatic carbocycles. The molecule has 0 bridgehead atoms. The van der Waals surface area contributed by atoms with Gasteiger partial charge in [-0.2, -0.15) is 0 Å². The highest BCUT2D eigenvalue weighted by atomic mass is 35.5. The van der Waals surface area contributed by atoms with Crippen LogP contribution in [0.1, 0.15) is 42.2 Å². The monoisotopic (exact) mass is 230 g/mol. The Morgan fingerprint density at radius 1 is 1.21 bits per heavy atom. The summed E-state index contributed by atoms with van der Waals surface area (Å²) >= 11 is 12.0. The molecule has 0 saturated heterocycles. The van der Waals surface area contributed by atoms with Crippen molar-refractivity contribution in [2.75, 3.05) is 0 Å². The normalized spacial score (nSPS) is 17.6. The molecule has 2 rings (SSSR count). The average Bonchev–Trinajstić information content (AvgIpc) is 2.17.